The van der Waals surface area contributed by atoms with Crippen LogP contribution in [0.2, 0.25) is 0 Å². The Balaban J connectivity index is 2.85. The minimum atomic E-state index is -0.257. The highest BCUT2D eigenvalue weighted by atomic mass is 19.1. The van der Waals surface area contributed by atoms with Gasteiger partial charge in [-0.15, -0.1) is 0 Å². The summed E-state index contributed by atoms with van der Waals surface area (Å²) in [6.07, 6.45) is 1.64. The van der Waals surface area contributed by atoms with Crippen LogP contribution in [0, 0.1) is 11.7 Å². The Hall–Kier alpha value is -1.09. The van der Waals surface area contributed by atoms with Crippen LogP contribution in [0.1, 0.15) is 18.9 Å². The third-order valence-corrected chi connectivity index (χ3v) is 2.68. The molecule has 84 valence electrons. The number of ether oxygens (including phenoxy) is 1. The number of halogens is 1. The number of nitrogens with two attached hydrogens (primary N) is 1. The fraction of sp³-hybridized carbons (Fsp3) is 0.500. The first-order valence-corrected chi connectivity index (χ1v) is 5.24. The molecule has 0 amide bonds. The van der Waals surface area contributed by atoms with E-state index in [2.05, 4.69) is 6.92 Å². The van der Waals surface area contributed by atoms with Crippen molar-refractivity contribution >= 4 is 0 Å². The maximum absolute atomic E-state index is 13.7. The summed E-state index contributed by atoms with van der Waals surface area (Å²) in [7, 11) is 1.47. The summed E-state index contributed by atoms with van der Waals surface area (Å²) in [5, 5.41) is 0. The smallest absolute Gasteiger partial charge is 0.168 e. The molecule has 2 nitrogen and oxygen atoms in total. The van der Waals surface area contributed by atoms with E-state index in [1.54, 1.807) is 18.2 Å². The average molecular weight is 211 g/mol. The van der Waals surface area contributed by atoms with Crippen molar-refractivity contribution in [2.24, 2.45) is 11.7 Å². The third-order valence-electron chi connectivity index (χ3n) is 2.68. The molecule has 1 unspecified atom stereocenters. The Labute approximate surface area is 90.2 Å². The molecule has 0 bridgehead atoms. The molecule has 0 aliphatic carbocycles. The molecular formula is C12H18FNO. The van der Waals surface area contributed by atoms with E-state index in [4.69, 9.17) is 10.5 Å². The zero-order chi connectivity index (χ0) is 11.3. The molecule has 0 aromatic heterocycles. The molecule has 1 aromatic rings. The lowest BCUT2D eigenvalue weighted by Gasteiger charge is -2.13. The van der Waals surface area contributed by atoms with Gasteiger partial charge in [0, 0.05) is 0 Å². The predicted octanol–water partition coefficient (Wildman–Crippen LogP) is 2.36. The number of hydrogen-bond acceptors (Lipinski definition) is 2. The summed E-state index contributed by atoms with van der Waals surface area (Å²) in [5.41, 5.74) is 6.28. The SMILES string of the molecule is CCC(CN)Cc1cccc(OC)c1F. The highest BCUT2D eigenvalue weighted by Gasteiger charge is 2.12. The van der Waals surface area contributed by atoms with Crippen molar-refractivity contribution in [3.05, 3.63) is 29.6 Å². The second-order valence-electron chi connectivity index (χ2n) is 3.65. The van der Waals surface area contributed by atoms with Crippen molar-refractivity contribution in [3.8, 4) is 5.75 Å². The standard InChI is InChI=1S/C12H18FNO/c1-3-9(8-14)7-10-5-4-6-11(15-2)12(10)13/h4-6,9H,3,7-8,14H2,1-2H3. The molecule has 0 spiro atoms. The molecular weight excluding hydrogens is 193 g/mol. The summed E-state index contributed by atoms with van der Waals surface area (Å²) in [6, 6.07) is 5.22. The van der Waals surface area contributed by atoms with E-state index in [1.165, 1.54) is 7.11 Å². The first-order chi connectivity index (χ1) is 7.22. The molecule has 0 saturated heterocycles. The Morgan fingerprint density at radius 3 is 2.73 bits per heavy atom. The van der Waals surface area contributed by atoms with Gasteiger partial charge in [0.15, 0.2) is 11.6 Å². The first kappa shape index (κ1) is 12.0. The molecule has 1 rings (SSSR count). The fourth-order valence-corrected chi connectivity index (χ4v) is 1.58. The van der Waals surface area contributed by atoms with Gasteiger partial charge in [-0.2, -0.15) is 0 Å². The predicted molar refractivity (Wildman–Crippen MR) is 59.5 cm³/mol. The molecule has 2 N–H and O–H groups in total. The number of hydrogen-bond donors (Lipinski definition) is 1. The molecule has 0 heterocycles. The van der Waals surface area contributed by atoms with Crippen molar-refractivity contribution in [1.82, 2.24) is 0 Å². The van der Waals surface area contributed by atoms with Crippen LogP contribution >= 0.6 is 0 Å². The molecule has 0 radical (unpaired) electrons. The van der Waals surface area contributed by atoms with Gasteiger partial charge in [-0.3, -0.25) is 0 Å². The first-order valence-electron chi connectivity index (χ1n) is 5.24. The fourth-order valence-electron chi connectivity index (χ4n) is 1.58. The largest absolute Gasteiger partial charge is 0.494 e. The summed E-state index contributed by atoms with van der Waals surface area (Å²) >= 11 is 0. The monoisotopic (exact) mass is 211 g/mol. The van der Waals surface area contributed by atoms with E-state index >= 15 is 0 Å². The van der Waals surface area contributed by atoms with Crippen LogP contribution in [0.3, 0.4) is 0 Å². The van der Waals surface area contributed by atoms with Gasteiger partial charge in [0.25, 0.3) is 0 Å². The maximum Gasteiger partial charge on any atom is 0.168 e. The Morgan fingerprint density at radius 1 is 1.47 bits per heavy atom. The molecule has 3 heteroatoms. The lowest BCUT2D eigenvalue weighted by Crippen LogP contribution is -2.16. The van der Waals surface area contributed by atoms with Gasteiger partial charge in [0.05, 0.1) is 7.11 Å². The van der Waals surface area contributed by atoms with Gasteiger partial charge >= 0.3 is 0 Å². The van der Waals surface area contributed by atoms with Gasteiger partial charge < -0.3 is 10.5 Å². The molecule has 1 atom stereocenters. The Kier molecular flexibility index (Phi) is 4.56. The van der Waals surface area contributed by atoms with Gasteiger partial charge in [-0.05, 0) is 30.5 Å². The van der Waals surface area contributed by atoms with E-state index in [-0.39, 0.29) is 5.82 Å². The van der Waals surface area contributed by atoms with Crippen LogP contribution in [0.15, 0.2) is 18.2 Å². The highest BCUT2D eigenvalue weighted by molar-refractivity contribution is 5.31. The third kappa shape index (κ3) is 2.93. The van der Waals surface area contributed by atoms with E-state index in [0.717, 1.165) is 6.42 Å². The molecule has 0 aliphatic rings. The van der Waals surface area contributed by atoms with Crippen LogP contribution in [0.4, 0.5) is 4.39 Å². The average Bonchev–Trinajstić information content (AvgIpc) is 2.28. The van der Waals surface area contributed by atoms with E-state index < -0.39 is 0 Å². The van der Waals surface area contributed by atoms with Crippen LogP contribution in [-0.2, 0) is 6.42 Å². The normalized spacial score (nSPS) is 12.5. The summed E-state index contributed by atoms with van der Waals surface area (Å²) in [6.45, 7) is 2.66. The van der Waals surface area contributed by atoms with Crippen molar-refractivity contribution in [1.29, 1.82) is 0 Å². The molecule has 0 fully saturated rings. The van der Waals surface area contributed by atoms with Crippen LogP contribution in [0.5, 0.6) is 5.75 Å². The topological polar surface area (TPSA) is 35.2 Å². The van der Waals surface area contributed by atoms with Gasteiger partial charge in [0.2, 0.25) is 0 Å². The van der Waals surface area contributed by atoms with Crippen LogP contribution in [-0.4, -0.2) is 13.7 Å². The van der Waals surface area contributed by atoms with Crippen molar-refractivity contribution in [3.63, 3.8) is 0 Å². The van der Waals surface area contributed by atoms with Crippen LogP contribution < -0.4 is 10.5 Å². The maximum atomic E-state index is 13.7. The molecule has 15 heavy (non-hydrogen) atoms. The summed E-state index contributed by atoms with van der Waals surface area (Å²) in [4.78, 5) is 0. The Morgan fingerprint density at radius 2 is 2.20 bits per heavy atom. The molecule has 0 saturated carbocycles. The highest BCUT2D eigenvalue weighted by Crippen LogP contribution is 2.22. The van der Waals surface area contributed by atoms with Gasteiger partial charge in [-0.1, -0.05) is 25.5 Å². The van der Waals surface area contributed by atoms with E-state index in [1.807, 2.05) is 0 Å². The van der Waals surface area contributed by atoms with E-state index in [0.29, 0.717) is 30.2 Å². The number of methoxy groups -OCH3 is 1. The molecule has 1 aromatic carbocycles. The van der Waals surface area contributed by atoms with Gasteiger partial charge in [0.1, 0.15) is 0 Å². The van der Waals surface area contributed by atoms with E-state index in [9.17, 15) is 4.39 Å². The zero-order valence-electron chi connectivity index (χ0n) is 9.29. The van der Waals surface area contributed by atoms with Crippen LogP contribution in [0.25, 0.3) is 0 Å². The second-order valence-corrected chi connectivity index (χ2v) is 3.65. The summed E-state index contributed by atoms with van der Waals surface area (Å²) < 4.78 is 18.7. The Bertz CT molecular complexity index is 310. The minimum Gasteiger partial charge on any atom is -0.494 e. The zero-order valence-corrected chi connectivity index (χ0v) is 9.29. The van der Waals surface area contributed by atoms with Crippen molar-refractivity contribution in [2.45, 2.75) is 19.8 Å². The van der Waals surface area contributed by atoms with Crippen molar-refractivity contribution in [2.75, 3.05) is 13.7 Å². The van der Waals surface area contributed by atoms with Gasteiger partial charge in [-0.25, -0.2) is 4.39 Å². The molecule has 0 aliphatic heterocycles. The lowest BCUT2D eigenvalue weighted by molar-refractivity contribution is 0.381. The number of benzene rings is 1. The second kappa shape index (κ2) is 5.71. The minimum absolute atomic E-state index is 0.257. The summed E-state index contributed by atoms with van der Waals surface area (Å²) in [5.74, 6) is 0.387. The quantitative estimate of drug-likeness (QED) is 0.811. The number of rotatable bonds is 5. The lowest BCUT2D eigenvalue weighted by atomic mass is 9.96. The van der Waals surface area contributed by atoms with Crippen molar-refractivity contribution < 1.29 is 9.13 Å².